The molecule has 1 aromatic rings. The van der Waals surface area contributed by atoms with Crippen LogP contribution >= 0.6 is 43.2 Å². The summed E-state index contributed by atoms with van der Waals surface area (Å²) >= 11 is 7.91. The molecule has 1 fully saturated rings. The number of sulfonamides is 1. The summed E-state index contributed by atoms with van der Waals surface area (Å²) in [5.74, 6) is 0. The Morgan fingerprint density at radius 3 is 2.76 bits per heavy atom. The molecular formula is C9H12Br2N2O2S2. The SMILES string of the molecule is O=S(=O)(N[C@@H]1CCCNC1)c1cc(Br)sc1Br. The maximum atomic E-state index is 12.2. The number of rotatable bonds is 3. The highest BCUT2D eigenvalue weighted by Crippen LogP contribution is 2.34. The fraction of sp³-hybridized carbons (Fsp3) is 0.556. The molecule has 8 heteroatoms. The zero-order valence-electron chi connectivity index (χ0n) is 8.87. The van der Waals surface area contributed by atoms with Gasteiger partial charge in [0.2, 0.25) is 10.0 Å². The molecule has 2 rings (SSSR count). The van der Waals surface area contributed by atoms with E-state index in [1.807, 2.05) is 0 Å². The van der Waals surface area contributed by atoms with Gasteiger partial charge in [-0.15, -0.1) is 11.3 Å². The third-order valence-corrected chi connectivity index (χ3v) is 6.81. The van der Waals surface area contributed by atoms with E-state index in [0.717, 1.165) is 23.2 Å². The molecule has 0 unspecified atom stereocenters. The summed E-state index contributed by atoms with van der Waals surface area (Å²) in [7, 11) is -3.43. The molecule has 1 aromatic heterocycles. The lowest BCUT2D eigenvalue weighted by Crippen LogP contribution is -2.45. The van der Waals surface area contributed by atoms with Crippen LogP contribution in [-0.4, -0.2) is 27.5 Å². The number of hydrogen-bond acceptors (Lipinski definition) is 4. The maximum absolute atomic E-state index is 12.2. The van der Waals surface area contributed by atoms with Crippen molar-refractivity contribution in [3.8, 4) is 0 Å². The van der Waals surface area contributed by atoms with Crippen molar-refractivity contribution in [1.29, 1.82) is 0 Å². The van der Waals surface area contributed by atoms with Gasteiger partial charge in [-0.25, -0.2) is 13.1 Å². The second-order valence-corrected chi connectivity index (χ2v) is 9.28. The molecule has 0 bridgehead atoms. The van der Waals surface area contributed by atoms with Crippen molar-refractivity contribution in [3.63, 3.8) is 0 Å². The molecule has 0 saturated carbocycles. The van der Waals surface area contributed by atoms with Gasteiger partial charge in [0.05, 0.1) is 7.57 Å². The van der Waals surface area contributed by atoms with Crippen molar-refractivity contribution in [2.45, 2.75) is 23.8 Å². The average Bonchev–Trinajstić information content (AvgIpc) is 2.59. The second kappa shape index (κ2) is 5.66. The van der Waals surface area contributed by atoms with Gasteiger partial charge in [-0.2, -0.15) is 0 Å². The lowest BCUT2D eigenvalue weighted by atomic mass is 10.1. The highest BCUT2D eigenvalue weighted by Gasteiger charge is 2.25. The van der Waals surface area contributed by atoms with Gasteiger partial charge in [0, 0.05) is 12.6 Å². The number of halogens is 2. The van der Waals surface area contributed by atoms with E-state index in [1.54, 1.807) is 6.07 Å². The molecule has 17 heavy (non-hydrogen) atoms. The van der Waals surface area contributed by atoms with Gasteiger partial charge < -0.3 is 5.32 Å². The van der Waals surface area contributed by atoms with Gasteiger partial charge in [-0.05, 0) is 57.3 Å². The minimum Gasteiger partial charge on any atom is -0.315 e. The second-order valence-electron chi connectivity index (χ2n) is 3.85. The van der Waals surface area contributed by atoms with E-state index < -0.39 is 10.0 Å². The van der Waals surface area contributed by atoms with Gasteiger partial charge >= 0.3 is 0 Å². The van der Waals surface area contributed by atoms with Crippen LogP contribution in [0.25, 0.3) is 0 Å². The third-order valence-electron chi connectivity index (χ3n) is 2.53. The summed E-state index contributed by atoms with van der Waals surface area (Å²) < 4.78 is 28.5. The van der Waals surface area contributed by atoms with E-state index in [-0.39, 0.29) is 6.04 Å². The summed E-state index contributed by atoms with van der Waals surface area (Å²) in [5.41, 5.74) is 0. The average molecular weight is 404 g/mol. The smallest absolute Gasteiger partial charge is 0.242 e. The summed E-state index contributed by atoms with van der Waals surface area (Å²) in [6.07, 6.45) is 1.89. The highest BCUT2D eigenvalue weighted by atomic mass is 79.9. The van der Waals surface area contributed by atoms with Crippen LogP contribution < -0.4 is 10.0 Å². The topological polar surface area (TPSA) is 58.2 Å². The molecule has 1 saturated heterocycles. The number of thiophene rings is 1. The molecule has 96 valence electrons. The first kappa shape index (κ1) is 14.0. The Morgan fingerprint density at radius 1 is 1.47 bits per heavy atom. The molecule has 1 aliphatic heterocycles. The normalized spacial score (nSPS) is 21.6. The Bertz CT molecular complexity index is 495. The standard InChI is InChI=1S/C9H12Br2N2O2S2/c10-8-4-7(9(11)16-8)17(14,15)13-6-2-1-3-12-5-6/h4,6,12-13H,1-3,5H2/t6-/m1/s1. The van der Waals surface area contributed by atoms with E-state index in [9.17, 15) is 8.42 Å². The Labute approximate surface area is 121 Å². The van der Waals surface area contributed by atoms with E-state index in [2.05, 4.69) is 41.9 Å². The Hall–Kier alpha value is 0.530. The fourth-order valence-electron chi connectivity index (χ4n) is 1.74. The molecule has 0 aliphatic carbocycles. The van der Waals surface area contributed by atoms with Crippen LogP contribution in [0.3, 0.4) is 0 Å². The molecule has 0 spiro atoms. The summed E-state index contributed by atoms with van der Waals surface area (Å²) in [6.45, 7) is 1.66. The van der Waals surface area contributed by atoms with Crippen molar-refractivity contribution >= 4 is 53.2 Å². The lowest BCUT2D eigenvalue weighted by molar-refractivity contribution is 0.428. The third kappa shape index (κ3) is 3.51. The number of nitrogens with one attached hydrogen (secondary N) is 2. The van der Waals surface area contributed by atoms with Crippen molar-refractivity contribution in [2.75, 3.05) is 13.1 Å². The van der Waals surface area contributed by atoms with E-state index in [1.165, 1.54) is 11.3 Å². The molecule has 2 N–H and O–H groups in total. The van der Waals surface area contributed by atoms with Crippen molar-refractivity contribution in [1.82, 2.24) is 10.0 Å². The summed E-state index contributed by atoms with van der Waals surface area (Å²) in [6, 6.07) is 1.60. The van der Waals surface area contributed by atoms with Crippen molar-refractivity contribution in [2.24, 2.45) is 0 Å². The molecule has 2 heterocycles. The van der Waals surface area contributed by atoms with Gasteiger partial charge in [0.15, 0.2) is 0 Å². The Balaban J connectivity index is 2.15. The van der Waals surface area contributed by atoms with Gasteiger partial charge in [0.25, 0.3) is 0 Å². The molecule has 0 amide bonds. The van der Waals surface area contributed by atoms with Crippen LogP contribution in [0, 0.1) is 0 Å². The van der Waals surface area contributed by atoms with Crippen LogP contribution in [-0.2, 0) is 10.0 Å². The summed E-state index contributed by atoms with van der Waals surface area (Å²) in [4.78, 5) is 0.306. The van der Waals surface area contributed by atoms with Crippen LogP contribution in [0.5, 0.6) is 0 Å². The van der Waals surface area contributed by atoms with Gasteiger partial charge in [-0.1, -0.05) is 0 Å². The van der Waals surface area contributed by atoms with Crippen molar-refractivity contribution < 1.29 is 8.42 Å². The lowest BCUT2D eigenvalue weighted by Gasteiger charge is -2.23. The van der Waals surface area contributed by atoms with Crippen LogP contribution in [0.4, 0.5) is 0 Å². The largest absolute Gasteiger partial charge is 0.315 e. The molecule has 0 radical (unpaired) electrons. The molecule has 4 nitrogen and oxygen atoms in total. The van der Waals surface area contributed by atoms with E-state index in [0.29, 0.717) is 15.2 Å². The molecule has 1 aliphatic rings. The first-order valence-corrected chi connectivity index (χ1v) is 9.05. The Kier molecular flexibility index (Phi) is 4.65. The van der Waals surface area contributed by atoms with Crippen LogP contribution in [0.15, 0.2) is 18.5 Å². The predicted molar refractivity (Wildman–Crippen MR) is 75.9 cm³/mol. The highest BCUT2D eigenvalue weighted by molar-refractivity contribution is 9.12. The van der Waals surface area contributed by atoms with Gasteiger partial charge in [-0.3, -0.25) is 0 Å². The van der Waals surface area contributed by atoms with Gasteiger partial charge in [0.1, 0.15) is 4.90 Å². The molecule has 1 atom stereocenters. The minimum atomic E-state index is -3.43. The maximum Gasteiger partial charge on any atom is 0.242 e. The van der Waals surface area contributed by atoms with E-state index >= 15 is 0 Å². The quantitative estimate of drug-likeness (QED) is 0.813. The Morgan fingerprint density at radius 2 is 2.24 bits per heavy atom. The minimum absolute atomic E-state index is 0.0145. The number of hydrogen-bond donors (Lipinski definition) is 2. The van der Waals surface area contributed by atoms with Crippen molar-refractivity contribution in [3.05, 3.63) is 13.6 Å². The predicted octanol–water partition coefficient (Wildman–Crippen LogP) is 2.30. The van der Waals surface area contributed by atoms with E-state index in [4.69, 9.17) is 0 Å². The molecular weight excluding hydrogens is 392 g/mol. The van der Waals surface area contributed by atoms with Crippen LogP contribution in [0.2, 0.25) is 0 Å². The first-order valence-electron chi connectivity index (χ1n) is 5.17. The summed E-state index contributed by atoms with van der Waals surface area (Å²) in [5, 5.41) is 3.18. The van der Waals surface area contributed by atoms with Crippen LogP contribution in [0.1, 0.15) is 12.8 Å². The monoisotopic (exact) mass is 402 g/mol. The number of piperidine rings is 1. The zero-order chi connectivity index (χ0) is 12.5. The first-order chi connectivity index (χ1) is 7.99. The molecule has 0 aromatic carbocycles. The fourth-order valence-corrected chi connectivity index (χ4v) is 6.83. The zero-order valence-corrected chi connectivity index (χ0v) is 13.7.